The zero-order valence-electron chi connectivity index (χ0n) is 14.2. The molecule has 1 aliphatic heterocycles. The molecule has 26 heavy (non-hydrogen) atoms. The normalized spacial score (nSPS) is 16.3. The van der Waals surface area contributed by atoms with E-state index in [0.29, 0.717) is 39.3 Å². The van der Waals surface area contributed by atoms with Gasteiger partial charge in [0.15, 0.2) is 4.21 Å². The number of aryl methyl sites for hydroxylation is 1. The molecule has 0 amide bonds. The minimum Gasteiger partial charge on any atom is -0.367 e. The number of hydrogen-bond acceptors (Lipinski definition) is 6. The van der Waals surface area contributed by atoms with Crippen LogP contribution in [0.4, 0.5) is 5.69 Å². The van der Waals surface area contributed by atoms with Crippen LogP contribution < -0.4 is 4.90 Å². The molecule has 0 aliphatic carbocycles. The van der Waals surface area contributed by atoms with Crippen LogP contribution in [-0.4, -0.2) is 42.2 Å². The van der Waals surface area contributed by atoms with Gasteiger partial charge in [0.2, 0.25) is 9.84 Å². The van der Waals surface area contributed by atoms with Crippen molar-refractivity contribution in [2.75, 3.05) is 29.5 Å². The third-order valence-corrected chi connectivity index (χ3v) is 9.13. The molecule has 0 N–H and O–H groups in total. The van der Waals surface area contributed by atoms with Crippen LogP contribution in [0, 0.1) is 6.92 Å². The Bertz CT molecular complexity index is 1080. The Morgan fingerprint density at radius 1 is 1.12 bits per heavy atom. The fraction of sp³-hybridized carbons (Fsp3) is 0.278. The molecule has 1 fully saturated rings. The lowest BCUT2D eigenvalue weighted by Crippen LogP contribution is -2.38. The lowest BCUT2D eigenvalue weighted by atomic mass is 10.2. The number of nitrogens with zero attached hydrogens (tertiary/aromatic N) is 2. The second-order valence-electron chi connectivity index (χ2n) is 6.25. The van der Waals surface area contributed by atoms with E-state index in [4.69, 9.17) is 0 Å². The molecule has 3 aromatic rings. The van der Waals surface area contributed by atoms with E-state index >= 15 is 0 Å². The van der Waals surface area contributed by atoms with E-state index in [1.807, 2.05) is 36.1 Å². The molecule has 3 heterocycles. The van der Waals surface area contributed by atoms with E-state index < -0.39 is 20.6 Å². The molecule has 4 rings (SSSR count). The molecule has 0 unspecified atom stereocenters. The van der Waals surface area contributed by atoms with Crippen LogP contribution in [0.15, 0.2) is 51.7 Å². The second-order valence-corrected chi connectivity index (χ2v) is 11.1. The summed E-state index contributed by atoms with van der Waals surface area (Å²) in [6.45, 7) is 3.10. The number of pyridine rings is 1. The topological polar surface area (TPSA) is 67.3 Å². The molecular weight excluding hydrogens is 388 g/mol. The van der Waals surface area contributed by atoms with Crippen molar-refractivity contribution in [3.8, 4) is 0 Å². The van der Waals surface area contributed by atoms with Crippen LogP contribution in [0.1, 0.15) is 5.56 Å². The van der Waals surface area contributed by atoms with E-state index in [1.54, 1.807) is 18.3 Å². The average Bonchev–Trinajstić information content (AvgIpc) is 3.03. The highest BCUT2D eigenvalue weighted by atomic mass is 32.2. The maximum Gasteiger partial charge on any atom is 0.218 e. The van der Waals surface area contributed by atoms with Crippen molar-refractivity contribution >= 4 is 47.9 Å². The number of aromatic nitrogens is 1. The lowest BCUT2D eigenvalue weighted by molar-refractivity contribution is 0.598. The highest BCUT2D eigenvalue weighted by molar-refractivity contribution is 7.93. The zero-order valence-corrected chi connectivity index (χ0v) is 16.7. The number of hydrogen-bond donors (Lipinski definition) is 0. The number of rotatable bonds is 3. The number of fused-ring (bicyclic) bond motifs is 1. The lowest BCUT2D eigenvalue weighted by Gasteiger charge is -2.29. The summed E-state index contributed by atoms with van der Waals surface area (Å²) in [6.07, 6.45) is 1.68. The Kier molecular flexibility index (Phi) is 4.58. The van der Waals surface area contributed by atoms with E-state index in [9.17, 15) is 12.6 Å². The van der Waals surface area contributed by atoms with Crippen molar-refractivity contribution in [2.45, 2.75) is 16.0 Å². The van der Waals surface area contributed by atoms with Crippen LogP contribution in [0.25, 0.3) is 10.2 Å². The van der Waals surface area contributed by atoms with Crippen molar-refractivity contribution in [2.24, 2.45) is 0 Å². The zero-order chi connectivity index (χ0) is 18.3. The van der Waals surface area contributed by atoms with Gasteiger partial charge in [0.05, 0.1) is 10.6 Å². The van der Waals surface area contributed by atoms with Gasteiger partial charge in [0, 0.05) is 47.0 Å². The van der Waals surface area contributed by atoms with E-state index in [-0.39, 0.29) is 4.90 Å². The molecule has 2 aromatic heterocycles. The Hall–Kier alpha value is -1.77. The van der Waals surface area contributed by atoms with Crippen LogP contribution in [0.3, 0.4) is 0 Å². The van der Waals surface area contributed by atoms with Gasteiger partial charge < -0.3 is 4.90 Å². The summed E-state index contributed by atoms with van der Waals surface area (Å²) in [5.74, 6) is 1.11. The first kappa shape index (κ1) is 17.6. The summed E-state index contributed by atoms with van der Waals surface area (Å²) >= 11 is 1.21. The Morgan fingerprint density at radius 3 is 2.50 bits per heavy atom. The van der Waals surface area contributed by atoms with Gasteiger partial charge in [-0.3, -0.25) is 4.21 Å². The van der Waals surface area contributed by atoms with Gasteiger partial charge in [-0.05, 0) is 31.2 Å². The number of anilines is 1. The summed E-state index contributed by atoms with van der Waals surface area (Å²) in [6, 6.07) is 10.6. The molecule has 1 aromatic carbocycles. The van der Waals surface area contributed by atoms with E-state index in [1.165, 1.54) is 11.3 Å². The maximum absolute atomic E-state index is 13.3. The van der Waals surface area contributed by atoms with Gasteiger partial charge in [0.25, 0.3) is 0 Å². The van der Waals surface area contributed by atoms with Crippen molar-refractivity contribution in [3.63, 3.8) is 0 Å². The van der Waals surface area contributed by atoms with E-state index in [0.717, 1.165) is 10.9 Å². The van der Waals surface area contributed by atoms with Gasteiger partial charge >= 0.3 is 0 Å². The number of thiophene rings is 1. The first-order valence-electron chi connectivity index (χ1n) is 8.26. The number of benzene rings is 1. The minimum absolute atomic E-state index is 0.288. The van der Waals surface area contributed by atoms with Crippen LogP contribution in [-0.2, 0) is 20.6 Å². The van der Waals surface area contributed by atoms with Gasteiger partial charge in [0.1, 0.15) is 4.83 Å². The first-order chi connectivity index (χ1) is 12.5. The number of sulfone groups is 1. The average molecular weight is 407 g/mol. The SMILES string of the molecule is Cc1ccc(S(=O)(=O)c2sc3ncccc3c2N2CCS(=O)CC2)cc1. The van der Waals surface area contributed by atoms with Gasteiger partial charge in [-0.1, -0.05) is 17.7 Å². The fourth-order valence-corrected chi connectivity index (χ4v) is 7.18. The predicted octanol–water partition coefficient (Wildman–Crippen LogP) is 3.01. The maximum atomic E-state index is 13.3. The smallest absolute Gasteiger partial charge is 0.218 e. The van der Waals surface area contributed by atoms with Gasteiger partial charge in [-0.2, -0.15) is 0 Å². The molecule has 8 heteroatoms. The fourth-order valence-electron chi connectivity index (χ4n) is 3.07. The minimum atomic E-state index is -3.65. The van der Waals surface area contributed by atoms with Crippen molar-refractivity contribution in [1.29, 1.82) is 0 Å². The van der Waals surface area contributed by atoms with Crippen LogP contribution in [0.5, 0.6) is 0 Å². The third-order valence-electron chi connectivity index (χ3n) is 4.48. The quantitative estimate of drug-likeness (QED) is 0.669. The molecule has 5 nitrogen and oxygen atoms in total. The molecule has 0 spiro atoms. The molecule has 1 saturated heterocycles. The molecule has 0 saturated carbocycles. The first-order valence-corrected chi connectivity index (χ1v) is 12.0. The molecule has 136 valence electrons. The van der Waals surface area contributed by atoms with Crippen molar-refractivity contribution < 1.29 is 12.6 Å². The third kappa shape index (κ3) is 3.06. The predicted molar refractivity (Wildman–Crippen MR) is 106 cm³/mol. The van der Waals surface area contributed by atoms with E-state index in [2.05, 4.69) is 4.98 Å². The summed E-state index contributed by atoms with van der Waals surface area (Å²) < 4.78 is 38.7. The van der Waals surface area contributed by atoms with Crippen LogP contribution >= 0.6 is 11.3 Å². The van der Waals surface area contributed by atoms with Gasteiger partial charge in [-0.15, -0.1) is 11.3 Å². The summed E-state index contributed by atoms with van der Waals surface area (Å²) in [7, 11) is -4.48. The molecule has 0 atom stereocenters. The van der Waals surface area contributed by atoms with Crippen molar-refractivity contribution in [3.05, 3.63) is 48.2 Å². The van der Waals surface area contributed by atoms with Crippen LogP contribution in [0.2, 0.25) is 0 Å². The largest absolute Gasteiger partial charge is 0.367 e. The summed E-state index contributed by atoms with van der Waals surface area (Å²) in [5.41, 5.74) is 1.72. The van der Waals surface area contributed by atoms with Gasteiger partial charge in [-0.25, -0.2) is 13.4 Å². The second kappa shape index (κ2) is 6.75. The Morgan fingerprint density at radius 2 is 1.81 bits per heavy atom. The Labute approximate surface area is 159 Å². The summed E-state index contributed by atoms with van der Waals surface area (Å²) in [5, 5.41) is 0.843. The molecule has 0 bridgehead atoms. The highest BCUT2D eigenvalue weighted by Gasteiger charge is 2.30. The highest BCUT2D eigenvalue weighted by Crippen LogP contribution is 2.43. The Balaban J connectivity index is 1.90. The van der Waals surface area contributed by atoms with Crippen molar-refractivity contribution in [1.82, 2.24) is 4.98 Å². The monoisotopic (exact) mass is 406 g/mol. The summed E-state index contributed by atoms with van der Waals surface area (Å²) in [4.78, 5) is 7.40. The molecule has 0 radical (unpaired) electrons. The molecular formula is C18H18N2O3S3. The molecule has 1 aliphatic rings. The standard InChI is InChI=1S/C18H18N2O3S3/c1-13-4-6-14(7-5-13)26(22,23)18-16(20-9-11-25(21)12-10-20)15-3-2-8-19-17(15)24-18/h2-8H,9-12H2,1H3.